The van der Waals surface area contributed by atoms with Crippen LogP contribution >= 0.6 is 11.6 Å². The fraction of sp³-hybridized carbons (Fsp3) is 0.357. The first-order valence-electron chi connectivity index (χ1n) is 6.32. The van der Waals surface area contributed by atoms with Crippen LogP contribution in [0.5, 0.6) is 0 Å². The van der Waals surface area contributed by atoms with Crippen molar-refractivity contribution in [3.8, 4) is 0 Å². The van der Waals surface area contributed by atoms with Gasteiger partial charge in [0.25, 0.3) is 0 Å². The monoisotopic (exact) mass is 331 g/mol. The topological polar surface area (TPSA) is 74.7 Å². The van der Waals surface area contributed by atoms with E-state index in [0.717, 1.165) is 0 Å². The molecule has 5 nitrogen and oxygen atoms in total. The van der Waals surface area contributed by atoms with Crippen LogP contribution in [0.1, 0.15) is 28.8 Å². The maximum Gasteiger partial charge on any atom is 0.336 e. The number of allylic oxidation sites excluding steroid dienone is 1. The van der Waals surface area contributed by atoms with Gasteiger partial charge in [-0.25, -0.2) is 17.5 Å². The molecule has 0 spiro atoms. The zero-order valence-corrected chi connectivity index (χ0v) is 13.5. The van der Waals surface area contributed by atoms with E-state index in [1.807, 2.05) is 0 Å². The van der Waals surface area contributed by atoms with Gasteiger partial charge in [-0.3, -0.25) is 0 Å². The average Bonchev–Trinajstić information content (AvgIpc) is 2.40. The number of sulfonamides is 1. The summed E-state index contributed by atoms with van der Waals surface area (Å²) in [4.78, 5) is 11.1. The molecule has 0 aromatic heterocycles. The van der Waals surface area contributed by atoms with Crippen LogP contribution in [0.15, 0.2) is 29.7 Å². The van der Waals surface area contributed by atoms with Crippen LogP contribution in [0.2, 0.25) is 5.02 Å². The second kappa shape index (κ2) is 7.06. The Morgan fingerprint density at radius 1 is 1.48 bits per heavy atom. The molecule has 7 heteroatoms. The molecule has 1 rings (SSSR count). The number of aromatic carboxylic acids is 1. The fourth-order valence-corrected chi connectivity index (χ4v) is 3.65. The highest BCUT2D eigenvalue weighted by atomic mass is 35.5. The Labute approximate surface area is 129 Å². The van der Waals surface area contributed by atoms with Crippen LogP contribution in [0.4, 0.5) is 0 Å². The predicted molar refractivity (Wildman–Crippen MR) is 82.4 cm³/mol. The van der Waals surface area contributed by atoms with E-state index in [2.05, 4.69) is 6.58 Å². The Hall–Kier alpha value is -1.37. The van der Waals surface area contributed by atoms with Crippen molar-refractivity contribution in [3.05, 3.63) is 40.9 Å². The average molecular weight is 332 g/mol. The molecule has 0 atom stereocenters. The van der Waals surface area contributed by atoms with E-state index in [1.165, 1.54) is 30.4 Å². The normalized spacial score (nSPS) is 11.6. The minimum atomic E-state index is -3.78. The molecule has 0 aliphatic carbocycles. The van der Waals surface area contributed by atoms with Crippen molar-refractivity contribution in [2.75, 3.05) is 13.6 Å². The van der Waals surface area contributed by atoms with Crippen LogP contribution in [0, 0.1) is 6.92 Å². The summed E-state index contributed by atoms with van der Waals surface area (Å²) in [7, 11) is -2.32. The Morgan fingerprint density at radius 3 is 2.62 bits per heavy atom. The van der Waals surface area contributed by atoms with Crippen LogP contribution in [0.3, 0.4) is 0 Å². The first-order valence-corrected chi connectivity index (χ1v) is 8.14. The van der Waals surface area contributed by atoms with E-state index in [1.54, 1.807) is 6.08 Å². The quantitative estimate of drug-likeness (QED) is 0.615. The van der Waals surface area contributed by atoms with Gasteiger partial charge in [0.05, 0.1) is 10.5 Å². The highest BCUT2D eigenvalue weighted by molar-refractivity contribution is 7.89. The summed E-state index contributed by atoms with van der Waals surface area (Å²) < 4.78 is 26.2. The minimum Gasteiger partial charge on any atom is -0.478 e. The van der Waals surface area contributed by atoms with Crippen molar-refractivity contribution < 1.29 is 18.3 Å². The van der Waals surface area contributed by atoms with Gasteiger partial charge < -0.3 is 5.11 Å². The molecular weight excluding hydrogens is 314 g/mol. The zero-order chi connectivity index (χ0) is 16.2. The van der Waals surface area contributed by atoms with Crippen LogP contribution in [-0.4, -0.2) is 37.4 Å². The number of halogens is 1. The van der Waals surface area contributed by atoms with Gasteiger partial charge in [-0.15, -0.1) is 6.58 Å². The summed E-state index contributed by atoms with van der Waals surface area (Å²) in [6, 6.07) is 2.53. The molecule has 0 saturated heterocycles. The maximum atomic E-state index is 12.5. The van der Waals surface area contributed by atoms with Crippen LogP contribution < -0.4 is 0 Å². The van der Waals surface area contributed by atoms with Crippen molar-refractivity contribution in [1.29, 1.82) is 0 Å². The van der Waals surface area contributed by atoms with Crippen molar-refractivity contribution in [3.63, 3.8) is 0 Å². The number of carboxylic acid groups (broad SMARTS) is 1. The molecular formula is C14H18ClNO4S. The summed E-state index contributed by atoms with van der Waals surface area (Å²) in [5, 5.41) is 9.19. The molecule has 0 bridgehead atoms. The van der Waals surface area contributed by atoms with E-state index in [0.29, 0.717) is 19.4 Å². The largest absolute Gasteiger partial charge is 0.478 e. The standard InChI is InChI=1S/C14H18ClNO4S/c1-4-5-6-7-16(3)21(19,20)13-9-11(15)8-12(10(13)2)14(17)18/h4,8-9H,1,5-7H2,2-3H3,(H,17,18). The van der Waals surface area contributed by atoms with Gasteiger partial charge in [-0.2, -0.15) is 0 Å². The molecule has 1 aromatic carbocycles. The van der Waals surface area contributed by atoms with Crippen molar-refractivity contribution in [1.82, 2.24) is 4.31 Å². The number of nitrogens with zero attached hydrogens (tertiary/aromatic N) is 1. The van der Waals surface area contributed by atoms with E-state index >= 15 is 0 Å². The van der Waals surface area contributed by atoms with Crippen molar-refractivity contribution in [2.24, 2.45) is 0 Å². The Bertz CT molecular complexity index is 655. The SMILES string of the molecule is C=CCCCN(C)S(=O)(=O)c1cc(Cl)cc(C(=O)O)c1C. The van der Waals surface area contributed by atoms with Gasteiger partial charge in [0.1, 0.15) is 0 Å². The minimum absolute atomic E-state index is 0.0755. The number of rotatable bonds is 7. The lowest BCUT2D eigenvalue weighted by atomic mass is 10.1. The molecule has 0 aliphatic heterocycles. The number of unbranched alkanes of at least 4 members (excludes halogenated alkanes) is 1. The molecule has 0 amide bonds. The summed E-state index contributed by atoms with van der Waals surface area (Å²) in [5.74, 6) is -1.21. The number of carbonyl (C=O) groups is 1. The summed E-state index contributed by atoms with van der Waals surface area (Å²) in [6.07, 6.45) is 3.06. The summed E-state index contributed by atoms with van der Waals surface area (Å²) >= 11 is 5.84. The van der Waals surface area contributed by atoms with Crippen LogP contribution in [0.25, 0.3) is 0 Å². The summed E-state index contributed by atoms with van der Waals surface area (Å²) in [5.41, 5.74) is 0.0723. The van der Waals surface area contributed by atoms with Gasteiger partial charge in [0.2, 0.25) is 10.0 Å². The molecule has 0 fully saturated rings. The lowest BCUT2D eigenvalue weighted by Crippen LogP contribution is -2.29. The first-order chi connectivity index (χ1) is 9.71. The van der Waals surface area contributed by atoms with E-state index in [9.17, 15) is 13.2 Å². The molecule has 0 radical (unpaired) electrons. The lowest BCUT2D eigenvalue weighted by Gasteiger charge is -2.19. The highest BCUT2D eigenvalue weighted by Crippen LogP contribution is 2.26. The third kappa shape index (κ3) is 4.06. The lowest BCUT2D eigenvalue weighted by molar-refractivity contribution is 0.0696. The third-order valence-corrected chi connectivity index (χ3v) is 5.33. The number of hydrogen-bond acceptors (Lipinski definition) is 3. The number of hydrogen-bond donors (Lipinski definition) is 1. The van der Waals surface area contributed by atoms with Crippen molar-refractivity contribution in [2.45, 2.75) is 24.7 Å². The fourth-order valence-electron chi connectivity index (χ4n) is 1.89. The highest BCUT2D eigenvalue weighted by Gasteiger charge is 2.25. The maximum absolute atomic E-state index is 12.5. The Kier molecular flexibility index (Phi) is 5.95. The second-order valence-electron chi connectivity index (χ2n) is 4.64. The van der Waals surface area contributed by atoms with Gasteiger partial charge in [0.15, 0.2) is 0 Å². The van der Waals surface area contributed by atoms with E-state index < -0.39 is 16.0 Å². The van der Waals surface area contributed by atoms with Crippen molar-refractivity contribution >= 4 is 27.6 Å². The molecule has 1 aromatic rings. The van der Waals surface area contributed by atoms with Gasteiger partial charge in [-0.05, 0) is 37.5 Å². The zero-order valence-electron chi connectivity index (χ0n) is 12.0. The Balaban J connectivity index is 3.25. The molecule has 0 aliphatic rings. The first kappa shape index (κ1) is 17.7. The summed E-state index contributed by atoms with van der Waals surface area (Å²) in [6.45, 7) is 5.37. The van der Waals surface area contributed by atoms with Crippen LogP contribution in [-0.2, 0) is 10.0 Å². The van der Waals surface area contributed by atoms with Gasteiger partial charge in [0, 0.05) is 18.6 Å². The Morgan fingerprint density at radius 2 is 2.10 bits per heavy atom. The molecule has 0 unspecified atom stereocenters. The smallest absolute Gasteiger partial charge is 0.336 e. The number of benzene rings is 1. The predicted octanol–water partition coefficient (Wildman–Crippen LogP) is 2.93. The number of carboxylic acids is 1. The third-order valence-electron chi connectivity index (χ3n) is 3.12. The molecule has 116 valence electrons. The molecule has 0 saturated carbocycles. The molecule has 21 heavy (non-hydrogen) atoms. The van der Waals surface area contributed by atoms with Gasteiger partial charge in [-0.1, -0.05) is 17.7 Å². The van der Waals surface area contributed by atoms with E-state index in [-0.39, 0.29) is 21.0 Å². The van der Waals surface area contributed by atoms with E-state index in [4.69, 9.17) is 16.7 Å². The molecule has 1 N–H and O–H groups in total. The second-order valence-corrected chi connectivity index (χ2v) is 7.09. The molecule has 0 heterocycles. The van der Waals surface area contributed by atoms with Gasteiger partial charge >= 0.3 is 5.97 Å².